The maximum absolute atomic E-state index is 11.1. The number of nitriles is 1. The third-order valence-corrected chi connectivity index (χ3v) is 5.30. The third kappa shape index (κ3) is 4.35. The standard InChI is InChI=1S/C25H18ClN3O2/c1-16-2-3-17(13-28-16)14-29-15-21(23-9-8-22(26)11-24(23)29)10-20(12-27)18-4-6-19(7-5-18)25(30)31/h2-11,13,15H,14H2,1H3,(H,30,31)/b20-10+. The molecule has 4 rings (SSSR count). The molecule has 0 bridgehead atoms. The molecule has 0 aliphatic heterocycles. The number of rotatable bonds is 5. The summed E-state index contributed by atoms with van der Waals surface area (Å²) >= 11 is 6.25. The molecule has 0 saturated heterocycles. The van der Waals surface area contributed by atoms with Crippen molar-refractivity contribution in [3.05, 3.63) is 100.0 Å². The number of hydrogen-bond acceptors (Lipinski definition) is 3. The quantitative estimate of drug-likeness (QED) is 0.407. The molecule has 0 aliphatic carbocycles. The number of pyridine rings is 1. The minimum absolute atomic E-state index is 0.180. The van der Waals surface area contributed by atoms with Crippen LogP contribution in [0.5, 0.6) is 0 Å². The number of aromatic carboxylic acids is 1. The highest BCUT2D eigenvalue weighted by molar-refractivity contribution is 6.31. The lowest BCUT2D eigenvalue weighted by molar-refractivity contribution is 0.0697. The molecule has 0 aliphatic rings. The summed E-state index contributed by atoms with van der Waals surface area (Å²) in [5, 5.41) is 20.4. The number of carboxylic acids is 1. The van der Waals surface area contributed by atoms with Crippen LogP contribution < -0.4 is 0 Å². The predicted octanol–water partition coefficient (Wildman–Crippen LogP) is 5.81. The van der Waals surface area contributed by atoms with E-state index < -0.39 is 5.97 Å². The number of aryl methyl sites for hydroxylation is 1. The molecule has 0 fully saturated rings. The van der Waals surface area contributed by atoms with Crippen LogP contribution in [-0.4, -0.2) is 20.6 Å². The lowest BCUT2D eigenvalue weighted by atomic mass is 10.0. The lowest BCUT2D eigenvalue weighted by Crippen LogP contribution is -1.98. The van der Waals surface area contributed by atoms with Crippen LogP contribution in [0.4, 0.5) is 0 Å². The largest absolute Gasteiger partial charge is 0.478 e. The maximum Gasteiger partial charge on any atom is 0.335 e. The van der Waals surface area contributed by atoms with Crippen molar-refractivity contribution in [3.8, 4) is 6.07 Å². The van der Waals surface area contributed by atoms with Gasteiger partial charge in [0.05, 0.1) is 22.7 Å². The van der Waals surface area contributed by atoms with Gasteiger partial charge in [-0.3, -0.25) is 4.98 Å². The minimum Gasteiger partial charge on any atom is -0.478 e. The van der Waals surface area contributed by atoms with E-state index in [9.17, 15) is 10.1 Å². The van der Waals surface area contributed by atoms with Gasteiger partial charge in [0.2, 0.25) is 0 Å². The van der Waals surface area contributed by atoms with Gasteiger partial charge in [-0.05, 0) is 54.5 Å². The van der Waals surface area contributed by atoms with Gasteiger partial charge in [0, 0.05) is 40.6 Å². The van der Waals surface area contributed by atoms with Crippen molar-refractivity contribution in [2.45, 2.75) is 13.5 Å². The number of allylic oxidation sites excluding steroid dienone is 1. The van der Waals surface area contributed by atoms with Crippen molar-refractivity contribution < 1.29 is 9.90 Å². The zero-order valence-electron chi connectivity index (χ0n) is 16.7. The van der Waals surface area contributed by atoms with Gasteiger partial charge in [0.1, 0.15) is 0 Å². The van der Waals surface area contributed by atoms with Crippen molar-refractivity contribution in [1.82, 2.24) is 9.55 Å². The van der Waals surface area contributed by atoms with E-state index in [-0.39, 0.29) is 5.56 Å². The van der Waals surface area contributed by atoms with Gasteiger partial charge in [-0.25, -0.2) is 4.79 Å². The first-order valence-corrected chi connectivity index (χ1v) is 9.98. The van der Waals surface area contributed by atoms with Crippen LogP contribution in [0.15, 0.2) is 67.0 Å². The number of carbonyl (C=O) groups is 1. The maximum atomic E-state index is 11.1. The van der Waals surface area contributed by atoms with E-state index >= 15 is 0 Å². The summed E-state index contributed by atoms with van der Waals surface area (Å²) in [6, 6.07) is 18.2. The Labute approximate surface area is 184 Å². The summed E-state index contributed by atoms with van der Waals surface area (Å²) in [5.41, 5.74) is 5.14. The molecule has 2 aromatic heterocycles. The average Bonchev–Trinajstić information content (AvgIpc) is 3.09. The Morgan fingerprint density at radius 2 is 1.90 bits per heavy atom. The van der Waals surface area contributed by atoms with E-state index in [2.05, 4.69) is 15.6 Å². The van der Waals surface area contributed by atoms with Gasteiger partial charge < -0.3 is 9.67 Å². The van der Waals surface area contributed by atoms with E-state index in [1.807, 2.05) is 55.7 Å². The Morgan fingerprint density at radius 1 is 1.16 bits per heavy atom. The first-order chi connectivity index (χ1) is 14.9. The predicted molar refractivity (Wildman–Crippen MR) is 122 cm³/mol. The number of hydrogen-bond donors (Lipinski definition) is 1. The molecular weight excluding hydrogens is 410 g/mol. The molecule has 0 spiro atoms. The summed E-state index contributed by atoms with van der Waals surface area (Å²) < 4.78 is 2.09. The summed E-state index contributed by atoms with van der Waals surface area (Å²) in [5.74, 6) is -1.00. The molecular formula is C25H18ClN3O2. The van der Waals surface area contributed by atoms with Crippen molar-refractivity contribution in [2.75, 3.05) is 0 Å². The van der Waals surface area contributed by atoms with Crippen molar-refractivity contribution in [2.24, 2.45) is 0 Å². The van der Waals surface area contributed by atoms with E-state index in [4.69, 9.17) is 16.7 Å². The van der Waals surface area contributed by atoms with Crippen molar-refractivity contribution >= 4 is 40.1 Å². The van der Waals surface area contributed by atoms with Crippen molar-refractivity contribution in [1.29, 1.82) is 5.26 Å². The van der Waals surface area contributed by atoms with Crippen LogP contribution in [0.2, 0.25) is 5.02 Å². The molecule has 0 radical (unpaired) electrons. The fraction of sp³-hybridized carbons (Fsp3) is 0.0800. The fourth-order valence-electron chi connectivity index (χ4n) is 3.46. The van der Waals surface area contributed by atoms with Gasteiger partial charge in [-0.2, -0.15) is 5.26 Å². The van der Waals surface area contributed by atoms with Crippen LogP contribution in [-0.2, 0) is 6.54 Å². The number of halogens is 1. The molecule has 0 unspecified atom stereocenters. The number of carboxylic acid groups (broad SMARTS) is 1. The second-order valence-corrected chi connectivity index (χ2v) is 7.67. The van der Waals surface area contributed by atoms with Crippen LogP contribution in [0.3, 0.4) is 0 Å². The smallest absolute Gasteiger partial charge is 0.335 e. The summed E-state index contributed by atoms with van der Waals surface area (Å²) in [4.78, 5) is 15.5. The molecule has 0 saturated carbocycles. The zero-order valence-corrected chi connectivity index (χ0v) is 17.5. The van der Waals surface area contributed by atoms with Crippen LogP contribution >= 0.6 is 11.6 Å². The van der Waals surface area contributed by atoms with Gasteiger partial charge in [0.25, 0.3) is 0 Å². The second-order valence-electron chi connectivity index (χ2n) is 7.23. The average molecular weight is 428 g/mol. The first-order valence-electron chi connectivity index (χ1n) is 9.60. The van der Waals surface area contributed by atoms with Crippen LogP contribution in [0, 0.1) is 18.3 Å². The van der Waals surface area contributed by atoms with Crippen molar-refractivity contribution in [3.63, 3.8) is 0 Å². The summed E-state index contributed by atoms with van der Waals surface area (Å²) in [7, 11) is 0. The van der Waals surface area contributed by atoms with Gasteiger partial charge in [-0.1, -0.05) is 35.9 Å². The monoisotopic (exact) mass is 427 g/mol. The number of fused-ring (bicyclic) bond motifs is 1. The SMILES string of the molecule is Cc1ccc(Cn2cc(/C=C(\C#N)c3ccc(C(=O)O)cc3)c3ccc(Cl)cc32)cn1. The molecule has 152 valence electrons. The van der Waals surface area contributed by atoms with E-state index in [0.29, 0.717) is 22.7 Å². The molecule has 5 nitrogen and oxygen atoms in total. The highest BCUT2D eigenvalue weighted by atomic mass is 35.5. The molecule has 0 atom stereocenters. The Morgan fingerprint density at radius 3 is 2.55 bits per heavy atom. The Kier molecular flexibility index (Phi) is 5.57. The lowest BCUT2D eigenvalue weighted by Gasteiger charge is -2.06. The molecule has 4 aromatic rings. The molecule has 6 heteroatoms. The second kappa shape index (κ2) is 8.47. The molecule has 0 amide bonds. The molecule has 1 N–H and O–H groups in total. The third-order valence-electron chi connectivity index (χ3n) is 5.06. The van der Waals surface area contributed by atoms with E-state index in [0.717, 1.165) is 27.7 Å². The highest BCUT2D eigenvalue weighted by Crippen LogP contribution is 2.29. The Hall–Kier alpha value is -3.88. The van der Waals surface area contributed by atoms with Gasteiger partial charge in [-0.15, -0.1) is 0 Å². The topological polar surface area (TPSA) is 78.9 Å². The Balaban J connectivity index is 1.78. The molecule has 2 aromatic carbocycles. The van der Waals surface area contributed by atoms with Crippen LogP contribution in [0.1, 0.15) is 32.7 Å². The molecule has 2 heterocycles. The highest BCUT2D eigenvalue weighted by Gasteiger charge is 2.11. The van der Waals surface area contributed by atoms with Gasteiger partial charge >= 0.3 is 5.97 Å². The number of nitrogens with zero attached hydrogens (tertiary/aromatic N) is 3. The number of benzene rings is 2. The van der Waals surface area contributed by atoms with Gasteiger partial charge in [0.15, 0.2) is 0 Å². The summed E-state index contributed by atoms with van der Waals surface area (Å²) in [6.07, 6.45) is 5.66. The molecule has 31 heavy (non-hydrogen) atoms. The van der Waals surface area contributed by atoms with Crippen LogP contribution in [0.25, 0.3) is 22.6 Å². The van der Waals surface area contributed by atoms with E-state index in [1.54, 1.807) is 12.1 Å². The zero-order chi connectivity index (χ0) is 22.0. The Bertz CT molecular complexity index is 1340. The number of aromatic nitrogens is 2. The fourth-order valence-corrected chi connectivity index (χ4v) is 3.62. The first kappa shape index (κ1) is 20.4. The minimum atomic E-state index is -1.00. The van der Waals surface area contributed by atoms with E-state index in [1.165, 1.54) is 12.1 Å². The normalized spacial score (nSPS) is 11.5. The summed E-state index contributed by atoms with van der Waals surface area (Å²) in [6.45, 7) is 2.57.